The predicted octanol–water partition coefficient (Wildman–Crippen LogP) is 3.15. The Balaban J connectivity index is 2.78. The smallest absolute Gasteiger partial charge is 0.316 e. The lowest BCUT2D eigenvalue weighted by atomic mass is 10.2. The van der Waals surface area contributed by atoms with Gasteiger partial charge in [-0.3, -0.25) is 9.36 Å². The van der Waals surface area contributed by atoms with Gasteiger partial charge in [-0.05, 0) is 26.0 Å². The van der Waals surface area contributed by atoms with E-state index < -0.39 is 13.5 Å². The summed E-state index contributed by atoms with van der Waals surface area (Å²) >= 11 is 0. The Morgan fingerprint density at radius 3 is 2.21 bits per heavy atom. The van der Waals surface area contributed by atoms with Gasteiger partial charge in [-0.25, -0.2) is 0 Å². The first-order valence-electron chi connectivity index (χ1n) is 5.98. The van der Waals surface area contributed by atoms with E-state index in [0.29, 0.717) is 5.56 Å². The molecule has 1 aromatic rings. The quantitative estimate of drug-likeness (QED) is 0.781. The SMILES string of the molecule is C=C(NC(=O)c1ccccc1)P(=O)(OCC)OCC. The molecule has 0 unspecified atom stereocenters. The summed E-state index contributed by atoms with van der Waals surface area (Å²) in [5, 5.41) is 2.46. The Morgan fingerprint density at radius 2 is 1.74 bits per heavy atom. The summed E-state index contributed by atoms with van der Waals surface area (Å²) in [6, 6.07) is 8.57. The summed E-state index contributed by atoms with van der Waals surface area (Å²) in [6.45, 7) is 7.38. The lowest BCUT2D eigenvalue weighted by Gasteiger charge is -2.19. The highest BCUT2D eigenvalue weighted by molar-refractivity contribution is 7.58. The number of benzene rings is 1. The zero-order valence-corrected chi connectivity index (χ0v) is 12.0. The highest BCUT2D eigenvalue weighted by atomic mass is 31.2. The summed E-state index contributed by atoms with van der Waals surface area (Å²) in [5.41, 5.74) is 0.397. The van der Waals surface area contributed by atoms with Crippen LogP contribution in [0, 0.1) is 0 Å². The summed E-state index contributed by atoms with van der Waals surface area (Å²) in [4.78, 5) is 11.9. The zero-order valence-electron chi connectivity index (χ0n) is 11.1. The fourth-order valence-corrected chi connectivity index (χ4v) is 2.70. The van der Waals surface area contributed by atoms with Crippen LogP contribution in [0.5, 0.6) is 0 Å². The van der Waals surface area contributed by atoms with Crippen molar-refractivity contribution in [1.29, 1.82) is 0 Å². The highest BCUT2D eigenvalue weighted by Crippen LogP contribution is 2.53. The Kier molecular flexibility index (Phi) is 5.96. The third-order valence-electron chi connectivity index (χ3n) is 2.22. The molecule has 1 N–H and O–H groups in total. The Bertz CT molecular complexity index is 477. The van der Waals surface area contributed by atoms with Crippen LogP contribution in [0.3, 0.4) is 0 Å². The minimum Gasteiger partial charge on any atom is -0.316 e. The number of rotatable bonds is 7. The van der Waals surface area contributed by atoms with Crippen molar-refractivity contribution < 1.29 is 18.4 Å². The van der Waals surface area contributed by atoms with Crippen molar-refractivity contribution >= 4 is 13.5 Å². The van der Waals surface area contributed by atoms with E-state index >= 15 is 0 Å². The predicted molar refractivity (Wildman–Crippen MR) is 73.9 cm³/mol. The van der Waals surface area contributed by atoms with E-state index in [-0.39, 0.29) is 18.7 Å². The minimum absolute atomic E-state index is 0.0509. The molecule has 0 aliphatic carbocycles. The van der Waals surface area contributed by atoms with Crippen LogP contribution in [-0.2, 0) is 13.6 Å². The lowest BCUT2D eigenvalue weighted by molar-refractivity contribution is 0.0965. The van der Waals surface area contributed by atoms with E-state index in [1.54, 1.807) is 44.2 Å². The number of carbonyl (C=O) groups is 1. The molecule has 0 aromatic heterocycles. The average Bonchev–Trinajstić information content (AvgIpc) is 2.40. The average molecular weight is 283 g/mol. The van der Waals surface area contributed by atoms with Crippen molar-refractivity contribution in [2.75, 3.05) is 13.2 Å². The van der Waals surface area contributed by atoms with Crippen LogP contribution in [0.4, 0.5) is 0 Å². The third kappa shape index (κ3) is 4.31. The molecule has 1 aromatic carbocycles. The largest absolute Gasteiger partial charge is 0.376 e. The first-order valence-corrected chi connectivity index (χ1v) is 7.52. The second kappa shape index (κ2) is 7.24. The van der Waals surface area contributed by atoms with Crippen LogP contribution in [-0.4, -0.2) is 19.1 Å². The Morgan fingerprint density at radius 1 is 1.21 bits per heavy atom. The molecule has 0 radical (unpaired) electrons. The van der Waals surface area contributed by atoms with Crippen LogP contribution in [0.2, 0.25) is 0 Å². The molecular formula is C13H18NO4P. The van der Waals surface area contributed by atoms with Gasteiger partial charge in [-0.15, -0.1) is 0 Å². The van der Waals surface area contributed by atoms with Gasteiger partial charge in [0.05, 0.1) is 13.2 Å². The van der Waals surface area contributed by atoms with Gasteiger partial charge in [-0.2, -0.15) is 0 Å². The summed E-state index contributed by atoms with van der Waals surface area (Å²) in [5.74, 6) is -0.398. The van der Waals surface area contributed by atoms with Crippen LogP contribution >= 0.6 is 7.60 Å². The lowest BCUT2D eigenvalue weighted by Crippen LogP contribution is -2.23. The number of carbonyl (C=O) groups excluding carboxylic acids is 1. The summed E-state index contributed by atoms with van der Waals surface area (Å²) < 4.78 is 22.5. The normalized spacial score (nSPS) is 11.1. The summed E-state index contributed by atoms with van der Waals surface area (Å²) in [7, 11) is -3.51. The van der Waals surface area contributed by atoms with Crippen molar-refractivity contribution in [2.24, 2.45) is 0 Å². The van der Waals surface area contributed by atoms with E-state index in [9.17, 15) is 9.36 Å². The van der Waals surface area contributed by atoms with Gasteiger partial charge < -0.3 is 14.4 Å². The van der Waals surface area contributed by atoms with Gasteiger partial charge in [-0.1, -0.05) is 24.8 Å². The van der Waals surface area contributed by atoms with E-state index in [2.05, 4.69) is 11.9 Å². The second-order valence-corrected chi connectivity index (χ2v) is 5.65. The van der Waals surface area contributed by atoms with E-state index in [1.165, 1.54) is 0 Å². The van der Waals surface area contributed by atoms with E-state index in [4.69, 9.17) is 9.05 Å². The standard InChI is InChI=1S/C13H18NO4P/c1-4-17-19(16,18-5-2)11(3)14-13(15)12-9-7-6-8-10-12/h6-10H,3-5H2,1-2H3,(H,14,15). The zero-order chi connectivity index (χ0) is 14.3. The van der Waals surface area contributed by atoms with Crippen molar-refractivity contribution in [2.45, 2.75) is 13.8 Å². The van der Waals surface area contributed by atoms with E-state index in [1.807, 2.05) is 0 Å². The van der Waals surface area contributed by atoms with Crippen molar-refractivity contribution in [1.82, 2.24) is 5.32 Å². The molecule has 0 atom stereocenters. The first kappa shape index (κ1) is 15.6. The molecule has 1 amide bonds. The molecule has 0 saturated heterocycles. The van der Waals surface area contributed by atoms with Gasteiger partial charge in [0.2, 0.25) is 0 Å². The van der Waals surface area contributed by atoms with Gasteiger partial charge in [0, 0.05) is 5.56 Å². The molecule has 0 spiro atoms. The molecule has 0 aliphatic rings. The molecular weight excluding hydrogens is 265 g/mol. The maximum Gasteiger partial charge on any atom is 0.376 e. The Hall–Kier alpha value is -1.42. The fourth-order valence-electron chi connectivity index (χ4n) is 1.39. The second-order valence-electron chi connectivity index (χ2n) is 3.60. The van der Waals surface area contributed by atoms with Crippen LogP contribution in [0.25, 0.3) is 0 Å². The molecule has 104 valence electrons. The maximum atomic E-state index is 12.3. The van der Waals surface area contributed by atoms with Crippen molar-refractivity contribution in [3.8, 4) is 0 Å². The summed E-state index contributed by atoms with van der Waals surface area (Å²) in [6.07, 6.45) is 0. The van der Waals surface area contributed by atoms with Crippen molar-refractivity contribution in [3.63, 3.8) is 0 Å². The van der Waals surface area contributed by atoms with Crippen LogP contribution in [0.15, 0.2) is 42.3 Å². The molecule has 0 fully saturated rings. The molecule has 0 bridgehead atoms. The number of hydrogen-bond donors (Lipinski definition) is 1. The molecule has 5 nitrogen and oxygen atoms in total. The number of hydrogen-bond acceptors (Lipinski definition) is 4. The number of amides is 1. The van der Waals surface area contributed by atoms with Crippen LogP contribution < -0.4 is 5.32 Å². The Labute approximate surface area is 113 Å². The topological polar surface area (TPSA) is 64.6 Å². The molecule has 1 rings (SSSR count). The van der Waals surface area contributed by atoms with Gasteiger partial charge in [0.1, 0.15) is 5.44 Å². The molecule has 0 aliphatic heterocycles. The van der Waals surface area contributed by atoms with Gasteiger partial charge in [0.15, 0.2) is 0 Å². The third-order valence-corrected chi connectivity index (χ3v) is 4.19. The molecule has 19 heavy (non-hydrogen) atoms. The molecule has 0 saturated carbocycles. The molecule has 6 heteroatoms. The van der Waals surface area contributed by atoms with E-state index in [0.717, 1.165) is 0 Å². The highest BCUT2D eigenvalue weighted by Gasteiger charge is 2.29. The maximum absolute atomic E-state index is 12.3. The minimum atomic E-state index is -3.51. The fraction of sp³-hybridized carbons (Fsp3) is 0.308. The monoisotopic (exact) mass is 283 g/mol. The number of nitrogens with one attached hydrogen (secondary N) is 1. The first-order chi connectivity index (χ1) is 9.03. The molecule has 0 heterocycles. The van der Waals surface area contributed by atoms with Gasteiger partial charge in [0.25, 0.3) is 5.91 Å². The van der Waals surface area contributed by atoms with Crippen molar-refractivity contribution in [3.05, 3.63) is 47.9 Å². The van der Waals surface area contributed by atoms with Crippen LogP contribution in [0.1, 0.15) is 24.2 Å². The van der Waals surface area contributed by atoms with Gasteiger partial charge >= 0.3 is 7.60 Å².